The second kappa shape index (κ2) is 4.45. The lowest BCUT2D eigenvalue weighted by atomic mass is 9.94. The van der Waals surface area contributed by atoms with Crippen molar-refractivity contribution in [1.82, 2.24) is 0 Å². The highest BCUT2D eigenvalue weighted by atomic mass is 16.5. The van der Waals surface area contributed by atoms with Gasteiger partial charge >= 0.3 is 5.97 Å². The molecule has 1 rings (SSSR count). The molecule has 1 aliphatic rings. The number of carbonyl (C=O) groups is 1. The van der Waals surface area contributed by atoms with E-state index in [1.165, 1.54) is 0 Å². The first-order chi connectivity index (χ1) is 5.75. The summed E-state index contributed by atoms with van der Waals surface area (Å²) in [6, 6.07) is 0. The van der Waals surface area contributed by atoms with Crippen LogP contribution in [0.3, 0.4) is 0 Å². The molecule has 0 aliphatic carbocycles. The molecule has 2 atom stereocenters. The lowest BCUT2D eigenvalue weighted by molar-refractivity contribution is -0.149. The Bertz CT molecular complexity index is 150. The van der Waals surface area contributed by atoms with Crippen LogP contribution in [0.1, 0.15) is 20.3 Å². The van der Waals surface area contributed by atoms with Gasteiger partial charge in [-0.1, -0.05) is 6.92 Å². The quantitative estimate of drug-likeness (QED) is 0.600. The van der Waals surface area contributed by atoms with E-state index in [0.29, 0.717) is 19.1 Å². The second-order valence-corrected chi connectivity index (χ2v) is 3.16. The molecule has 0 unspecified atom stereocenters. The van der Waals surface area contributed by atoms with Crippen LogP contribution in [0.25, 0.3) is 0 Å². The summed E-state index contributed by atoms with van der Waals surface area (Å²) in [5.41, 5.74) is 0. The smallest absolute Gasteiger partial charge is 0.309 e. The van der Waals surface area contributed by atoms with Crippen molar-refractivity contribution >= 4 is 5.97 Å². The third-order valence-corrected chi connectivity index (χ3v) is 2.33. The van der Waals surface area contributed by atoms with Crippen LogP contribution in [0, 0.1) is 11.8 Å². The molecule has 1 heterocycles. The molecule has 0 aromatic carbocycles. The standard InChI is InChI=1S/C9H16O3/c1-3-12-9(10)7(2)8-4-5-11-6-8/h7-8H,3-6H2,1-2H3/t7-,8+/m0/s1. The number of rotatable bonds is 3. The summed E-state index contributed by atoms with van der Waals surface area (Å²) in [5.74, 6) is 0.268. The predicted molar refractivity (Wildman–Crippen MR) is 44.7 cm³/mol. The normalized spacial score (nSPS) is 25.3. The van der Waals surface area contributed by atoms with Crippen LogP contribution in [-0.4, -0.2) is 25.8 Å². The molecular weight excluding hydrogens is 156 g/mol. The lowest BCUT2D eigenvalue weighted by Crippen LogP contribution is -2.23. The maximum absolute atomic E-state index is 11.3. The fourth-order valence-electron chi connectivity index (χ4n) is 1.41. The van der Waals surface area contributed by atoms with Crippen LogP contribution in [0.4, 0.5) is 0 Å². The van der Waals surface area contributed by atoms with Crippen molar-refractivity contribution in [3.8, 4) is 0 Å². The van der Waals surface area contributed by atoms with Gasteiger partial charge in [0.05, 0.1) is 19.1 Å². The Labute approximate surface area is 73.0 Å². The summed E-state index contributed by atoms with van der Waals surface area (Å²) in [5, 5.41) is 0. The van der Waals surface area contributed by atoms with Gasteiger partial charge in [0.1, 0.15) is 0 Å². The van der Waals surface area contributed by atoms with E-state index in [1.807, 2.05) is 13.8 Å². The molecule has 0 spiro atoms. The zero-order valence-corrected chi connectivity index (χ0v) is 7.71. The first-order valence-corrected chi connectivity index (χ1v) is 4.50. The predicted octanol–water partition coefficient (Wildman–Crippen LogP) is 1.22. The number of ether oxygens (including phenoxy) is 2. The fourth-order valence-corrected chi connectivity index (χ4v) is 1.41. The molecule has 3 heteroatoms. The van der Waals surface area contributed by atoms with Crippen LogP contribution >= 0.6 is 0 Å². The monoisotopic (exact) mass is 172 g/mol. The Kier molecular flexibility index (Phi) is 3.53. The van der Waals surface area contributed by atoms with Gasteiger partial charge in [-0.3, -0.25) is 4.79 Å². The number of carbonyl (C=O) groups excluding carboxylic acids is 1. The van der Waals surface area contributed by atoms with Crippen LogP contribution < -0.4 is 0 Å². The number of hydrogen-bond acceptors (Lipinski definition) is 3. The van der Waals surface area contributed by atoms with E-state index in [4.69, 9.17) is 9.47 Å². The van der Waals surface area contributed by atoms with Crippen molar-refractivity contribution in [3.63, 3.8) is 0 Å². The number of hydrogen-bond donors (Lipinski definition) is 0. The lowest BCUT2D eigenvalue weighted by Gasteiger charge is -2.15. The molecular formula is C9H16O3. The van der Waals surface area contributed by atoms with E-state index < -0.39 is 0 Å². The molecule has 1 fully saturated rings. The van der Waals surface area contributed by atoms with E-state index in [2.05, 4.69) is 0 Å². The van der Waals surface area contributed by atoms with E-state index >= 15 is 0 Å². The summed E-state index contributed by atoms with van der Waals surface area (Å²) < 4.78 is 10.1. The molecule has 0 aromatic rings. The Hall–Kier alpha value is -0.570. The van der Waals surface area contributed by atoms with Crippen molar-refractivity contribution in [2.45, 2.75) is 20.3 Å². The van der Waals surface area contributed by atoms with E-state index in [-0.39, 0.29) is 11.9 Å². The van der Waals surface area contributed by atoms with E-state index in [9.17, 15) is 4.79 Å². The van der Waals surface area contributed by atoms with E-state index in [1.54, 1.807) is 0 Å². The molecule has 0 bridgehead atoms. The van der Waals surface area contributed by atoms with Gasteiger partial charge in [-0.15, -0.1) is 0 Å². The highest BCUT2D eigenvalue weighted by Crippen LogP contribution is 2.22. The summed E-state index contributed by atoms with van der Waals surface area (Å²) in [4.78, 5) is 11.3. The molecule has 12 heavy (non-hydrogen) atoms. The molecule has 0 radical (unpaired) electrons. The zero-order chi connectivity index (χ0) is 8.97. The maximum Gasteiger partial charge on any atom is 0.309 e. The van der Waals surface area contributed by atoms with Gasteiger partial charge in [0.2, 0.25) is 0 Å². The summed E-state index contributed by atoms with van der Waals surface area (Å²) in [7, 11) is 0. The zero-order valence-electron chi connectivity index (χ0n) is 7.71. The first-order valence-electron chi connectivity index (χ1n) is 4.50. The SMILES string of the molecule is CCOC(=O)[C@@H](C)[C@@H]1CCOC1. The van der Waals surface area contributed by atoms with Crippen molar-refractivity contribution in [3.05, 3.63) is 0 Å². The molecule has 0 N–H and O–H groups in total. The average molecular weight is 172 g/mol. The third kappa shape index (κ3) is 2.21. The Balaban J connectivity index is 2.34. The van der Waals surface area contributed by atoms with Gasteiger partial charge < -0.3 is 9.47 Å². The van der Waals surface area contributed by atoms with Gasteiger partial charge in [-0.2, -0.15) is 0 Å². The Morgan fingerprint density at radius 2 is 2.50 bits per heavy atom. The molecule has 0 aromatic heterocycles. The summed E-state index contributed by atoms with van der Waals surface area (Å²) in [6.07, 6.45) is 0.986. The largest absolute Gasteiger partial charge is 0.466 e. The summed E-state index contributed by atoms with van der Waals surface area (Å²) >= 11 is 0. The third-order valence-electron chi connectivity index (χ3n) is 2.33. The van der Waals surface area contributed by atoms with Crippen LogP contribution in [0.2, 0.25) is 0 Å². The molecule has 70 valence electrons. The van der Waals surface area contributed by atoms with Gasteiger partial charge in [0, 0.05) is 6.61 Å². The van der Waals surface area contributed by atoms with Crippen LogP contribution in [0.15, 0.2) is 0 Å². The average Bonchev–Trinajstić information content (AvgIpc) is 2.55. The van der Waals surface area contributed by atoms with Gasteiger partial charge in [0.15, 0.2) is 0 Å². The molecule has 1 saturated heterocycles. The van der Waals surface area contributed by atoms with Crippen molar-refractivity contribution < 1.29 is 14.3 Å². The van der Waals surface area contributed by atoms with E-state index in [0.717, 1.165) is 13.0 Å². The molecule has 3 nitrogen and oxygen atoms in total. The molecule has 1 aliphatic heterocycles. The van der Waals surface area contributed by atoms with Crippen LogP contribution in [-0.2, 0) is 14.3 Å². The first kappa shape index (κ1) is 9.52. The maximum atomic E-state index is 11.3. The van der Waals surface area contributed by atoms with Gasteiger partial charge in [-0.25, -0.2) is 0 Å². The minimum Gasteiger partial charge on any atom is -0.466 e. The number of esters is 1. The molecule has 0 amide bonds. The van der Waals surface area contributed by atoms with Crippen molar-refractivity contribution in [2.24, 2.45) is 11.8 Å². The topological polar surface area (TPSA) is 35.5 Å². The van der Waals surface area contributed by atoms with Gasteiger partial charge in [0.25, 0.3) is 0 Å². The van der Waals surface area contributed by atoms with Gasteiger partial charge in [-0.05, 0) is 19.3 Å². The summed E-state index contributed by atoms with van der Waals surface area (Å²) in [6.45, 7) is 5.71. The van der Waals surface area contributed by atoms with Crippen LogP contribution in [0.5, 0.6) is 0 Å². The fraction of sp³-hybridized carbons (Fsp3) is 0.889. The Morgan fingerprint density at radius 1 is 1.75 bits per heavy atom. The second-order valence-electron chi connectivity index (χ2n) is 3.16. The highest BCUT2D eigenvalue weighted by molar-refractivity contribution is 5.72. The van der Waals surface area contributed by atoms with Crippen molar-refractivity contribution in [2.75, 3.05) is 19.8 Å². The minimum absolute atomic E-state index is 0.00699. The van der Waals surface area contributed by atoms with Crippen molar-refractivity contribution in [1.29, 1.82) is 0 Å². The minimum atomic E-state index is -0.0898. The molecule has 0 saturated carbocycles. The Morgan fingerprint density at radius 3 is 3.00 bits per heavy atom. The highest BCUT2D eigenvalue weighted by Gasteiger charge is 2.28.